The van der Waals surface area contributed by atoms with Crippen LogP contribution < -0.4 is 4.72 Å². The predicted molar refractivity (Wildman–Crippen MR) is 76.1 cm³/mol. The molecule has 1 heterocycles. The lowest BCUT2D eigenvalue weighted by Gasteiger charge is -2.37. The predicted octanol–water partition coefficient (Wildman–Crippen LogP) is 1.82. The second kappa shape index (κ2) is 6.35. The van der Waals surface area contributed by atoms with E-state index < -0.39 is 10.0 Å². The van der Waals surface area contributed by atoms with Crippen LogP contribution in [0.25, 0.3) is 0 Å². The number of hydrogen-bond acceptors (Lipinski definition) is 3. The fourth-order valence-electron chi connectivity index (χ4n) is 2.44. The fourth-order valence-corrected chi connectivity index (χ4v) is 4.12. The summed E-state index contributed by atoms with van der Waals surface area (Å²) in [5.74, 6) is 0.618. The molecular formula is C13H28N2O2S. The number of piperidine rings is 1. The van der Waals surface area contributed by atoms with E-state index in [4.69, 9.17) is 0 Å². The number of nitrogens with zero attached hydrogens (tertiary/aromatic N) is 1. The normalized spacial score (nSPS) is 21.7. The second-order valence-corrected chi connectivity index (χ2v) is 8.03. The molecule has 0 aromatic rings. The molecule has 1 N–H and O–H groups in total. The van der Waals surface area contributed by atoms with Crippen molar-refractivity contribution in [3.8, 4) is 0 Å². The van der Waals surface area contributed by atoms with Gasteiger partial charge in [-0.3, -0.25) is 0 Å². The molecule has 1 atom stereocenters. The highest BCUT2D eigenvalue weighted by molar-refractivity contribution is 7.90. The Morgan fingerprint density at radius 3 is 1.94 bits per heavy atom. The summed E-state index contributed by atoms with van der Waals surface area (Å²) in [6.07, 6.45) is 1.50. The maximum atomic E-state index is 12.1. The molecule has 0 aromatic heterocycles. The summed E-state index contributed by atoms with van der Waals surface area (Å²) in [5.41, 5.74) is 0. The average molecular weight is 276 g/mol. The molecule has 1 rings (SSSR count). The Balaban J connectivity index is 2.54. The number of nitrogens with one attached hydrogen (secondary N) is 1. The molecule has 0 bridgehead atoms. The van der Waals surface area contributed by atoms with E-state index in [1.807, 2.05) is 13.8 Å². The maximum absolute atomic E-state index is 12.1. The van der Waals surface area contributed by atoms with Crippen LogP contribution in [0.5, 0.6) is 0 Å². The highest BCUT2D eigenvalue weighted by Crippen LogP contribution is 2.21. The molecule has 108 valence electrons. The third-order valence-electron chi connectivity index (χ3n) is 3.86. The van der Waals surface area contributed by atoms with Gasteiger partial charge in [-0.15, -0.1) is 0 Å². The van der Waals surface area contributed by atoms with Crippen LogP contribution in [0.3, 0.4) is 0 Å². The molecule has 1 fully saturated rings. The number of sulfonamides is 1. The summed E-state index contributed by atoms with van der Waals surface area (Å²) in [4.78, 5) is 2.41. The molecular weight excluding hydrogens is 248 g/mol. The summed E-state index contributed by atoms with van der Waals surface area (Å²) in [7, 11) is -3.13. The van der Waals surface area contributed by atoms with Gasteiger partial charge in [-0.25, -0.2) is 13.1 Å². The summed E-state index contributed by atoms with van der Waals surface area (Å²) in [5, 5.41) is -0.212. The van der Waals surface area contributed by atoms with Gasteiger partial charge >= 0.3 is 0 Å². The molecule has 18 heavy (non-hydrogen) atoms. The van der Waals surface area contributed by atoms with E-state index in [0.717, 1.165) is 25.9 Å². The zero-order valence-electron chi connectivity index (χ0n) is 12.3. The zero-order valence-corrected chi connectivity index (χ0v) is 13.1. The Morgan fingerprint density at radius 1 is 1.06 bits per heavy atom. The minimum atomic E-state index is -3.13. The van der Waals surface area contributed by atoms with Gasteiger partial charge in [-0.2, -0.15) is 0 Å². The highest BCUT2D eigenvalue weighted by Gasteiger charge is 2.32. The fraction of sp³-hybridized carbons (Fsp3) is 1.00. The third-order valence-corrected chi connectivity index (χ3v) is 6.01. The standard InChI is InChI=1S/C13H28N2O2S/c1-10(2)12(5)15-8-6-13(7-9-15)18(16,17)14-11(3)4/h10-14H,6-9H2,1-5H3/t12-/m1/s1. The molecule has 5 heteroatoms. The van der Waals surface area contributed by atoms with Crippen molar-refractivity contribution in [1.82, 2.24) is 9.62 Å². The van der Waals surface area contributed by atoms with Gasteiger partial charge in [-0.1, -0.05) is 13.8 Å². The van der Waals surface area contributed by atoms with E-state index in [9.17, 15) is 8.42 Å². The van der Waals surface area contributed by atoms with Gasteiger partial charge in [0.2, 0.25) is 10.0 Å². The molecule has 1 aliphatic heterocycles. The lowest BCUT2D eigenvalue weighted by molar-refractivity contribution is 0.141. The average Bonchev–Trinajstić information content (AvgIpc) is 2.26. The first-order valence-corrected chi connectivity index (χ1v) is 8.54. The highest BCUT2D eigenvalue weighted by atomic mass is 32.2. The molecule has 4 nitrogen and oxygen atoms in total. The molecule has 0 radical (unpaired) electrons. The van der Waals surface area contributed by atoms with E-state index in [2.05, 4.69) is 30.4 Å². The first-order valence-electron chi connectivity index (χ1n) is 6.99. The minimum absolute atomic E-state index is 0.0115. The Hall–Kier alpha value is -0.130. The monoisotopic (exact) mass is 276 g/mol. The van der Waals surface area contributed by atoms with Gasteiger partial charge < -0.3 is 4.90 Å². The van der Waals surface area contributed by atoms with Crippen LogP contribution in [0.4, 0.5) is 0 Å². The molecule has 1 aliphatic rings. The maximum Gasteiger partial charge on any atom is 0.214 e. The first-order chi connectivity index (χ1) is 8.24. The largest absolute Gasteiger partial charge is 0.300 e. The second-order valence-electron chi connectivity index (χ2n) is 6.04. The Kier molecular flexibility index (Phi) is 5.62. The van der Waals surface area contributed by atoms with Gasteiger partial charge in [-0.05, 0) is 52.6 Å². The Morgan fingerprint density at radius 2 is 1.56 bits per heavy atom. The van der Waals surface area contributed by atoms with Crippen molar-refractivity contribution in [3.05, 3.63) is 0 Å². The van der Waals surface area contributed by atoms with Gasteiger partial charge in [0.25, 0.3) is 0 Å². The third kappa shape index (κ3) is 4.21. The van der Waals surface area contributed by atoms with Crippen molar-refractivity contribution < 1.29 is 8.42 Å². The van der Waals surface area contributed by atoms with E-state index in [1.54, 1.807) is 0 Å². The van der Waals surface area contributed by atoms with E-state index in [-0.39, 0.29) is 11.3 Å². The molecule has 0 amide bonds. The Labute approximate surface area is 112 Å². The van der Waals surface area contributed by atoms with Crippen molar-refractivity contribution >= 4 is 10.0 Å². The van der Waals surface area contributed by atoms with Crippen LogP contribution >= 0.6 is 0 Å². The van der Waals surface area contributed by atoms with E-state index >= 15 is 0 Å². The summed E-state index contributed by atoms with van der Waals surface area (Å²) < 4.78 is 26.9. The number of rotatable bonds is 5. The molecule has 1 saturated heterocycles. The van der Waals surface area contributed by atoms with Crippen LogP contribution in [-0.4, -0.2) is 43.7 Å². The Bertz CT molecular complexity index is 344. The summed E-state index contributed by atoms with van der Waals surface area (Å²) in [6.45, 7) is 12.2. The topological polar surface area (TPSA) is 49.4 Å². The lowest BCUT2D eigenvalue weighted by atomic mass is 10.0. The van der Waals surface area contributed by atoms with Gasteiger partial charge in [0.05, 0.1) is 5.25 Å². The molecule has 0 unspecified atom stereocenters. The zero-order chi connectivity index (χ0) is 13.9. The lowest BCUT2D eigenvalue weighted by Crippen LogP contribution is -2.48. The summed E-state index contributed by atoms with van der Waals surface area (Å²) in [6, 6.07) is 0.523. The van der Waals surface area contributed by atoms with Crippen molar-refractivity contribution in [2.45, 2.75) is 64.8 Å². The van der Waals surface area contributed by atoms with Crippen LogP contribution in [-0.2, 0) is 10.0 Å². The van der Waals surface area contributed by atoms with Crippen molar-refractivity contribution in [2.24, 2.45) is 5.92 Å². The van der Waals surface area contributed by atoms with Crippen LogP contribution in [0.2, 0.25) is 0 Å². The quantitative estimate of drug-likeness (QED) is 0.833. The molecule has 0 aliphatic carbocycles. The number of likely N-dealkylation sites (tertiary alicyclic amines) is 1. The molecule has 0 aromatic carbocycles. The van der Waals surface area contributed by atoms with Gasteiger partial charge in [0, 0.05) is 12.1 Å². The smallest absolute Gasteiger partial charge is 0.214 e. The first kappa shape index (κ1) is 15.9. The molecule has 0 saturated carbocycles. The van der Waals surface area contributed by atoms with E-state index in [1.165, 1.54) is 0 Å². The van der Waals surface area contributed by atoms with Crippen LogP contribution in [0.15, 0.2) is 0 Å². The van der Waals surface area contributed by atoms with Crippen molar-refractivity contribution in [3.63, 3.8) is 0 Å². The van der Waals surface area contributed by atoms with Crippen molar-refractivity contribution in [1.29, 1.82) is 0 Å². The van der Waals surface area contributed by atoms with Gasteiger partial charge in [0.1, 0.15) is 0 Å². The minimum Gasteiger partial charge on any atom is -0.300 e. The molecule has 0 spiro atoms. The number of hydrogen-bond donors (Lipinski definition) is 1. The van der Waals surface area contributed by atoms with Crippen LogP contribution in [0, 0.1) is 5.92 Å². The van der Waals surface area contributed by atoms with Gasteiger partial charge in [0.15, 0.2) is 0 Å². The SMILES string of the molecule is CC(C)NS(=O)(=O)C1CCN([C@H](C)C(C)C)CC1. The summed E-state index contributed by atoms with van der Waals surface area (Å²) >= 11 is 0. The van der Waals surface area contributed by atoms with E-state index in [0.29, 0.717) is 12.0 Å². The van der Waals surface area contributed by atoms with Crippen LogP contribution in [0.1, 0.15) is 47.5 Å². The van der Waals surface area contributed by atoms with Crippen molar-refractivity contribution in [2.75, 3.05) is 13.1 Å².